The van der Waals surface area contributed by atoms with E-state index >= 15 is 0 Å². The van der Waals surface area contributed by atoms with E-state index < -0.39 is 0 Å². The van der Waals surface area contributed by atoms with Crippen LogP contribution in [0.5, 0.6) is 0 Å². The molecule has 0 unspecified atom stereocenters. The molecule has 1 aliphatic rings. The molecule has 6 nitrogen and oxygen atoms in total. The zero-order valence-corrected chi connectivity index (χ0v) is 16.5. The van der Waals surface area contributed by atoms with Crippen molar-refractivity contribution in [2.75, 3.05) is 31.5 Å². The number of anilines is 1. The topological polar surface area (TPSA) is 64.0 Å². The van der Waals surface area contributed by atoms with Crippen LogP contribution in [-0.4, -0.2) is 43.3 Å². The molecule has 0 spiro atoms. The summed E-state index contributed by atoms with van der Waals surface area (Å²) < 4.78 is 5.16. The van der Waals surface area contributed by atoms with Crippen LogP contribution < -0.4 is 15.1 Å². The average Bonchev–Trinajstić information content (AvgIpc) is 3.12. The van der Waals surface area contributed by atoms with Gasteiger partial charge >= 0.3 is 0 Å². The lowest BCUT2D eigenvalue weighted by Crippen LogP contribution is -3.29. The van der Waals surface area contributed by atoms with Gasteiger partial charge in [-0.2, -0.15) is 0 Å². The summed E-state index contributed by atoms with van der Waals surface area (Å²) in [6, 6.07) is 16.2. The first-order chi connectivity index (χ1) is 13.6. The van der Waals surface area contributed by atoms with Crippen LogP contribution in [0.2, 0.25) is 0 Å². The van der Waals surface area contributed by atoms with Gasteiger partial charge in [-0.1, -0.05) is 35.5 Å². The second-order valence-corrected chi connectivity index (χ2v) is 7.79. The molecule has 2 aromatic carbocycles. The van der Waals surface area contributed by atoms with E-state index in [9.17, 15) is 4.79 Å². The molecule has 0 radical (unpaired) electrons. The summed E-state index contributed by atoms with van der Waals surface area (Å²) >= 11 is 0. The minimum Gasteiger partial charge on any atom is -0.361 e. The molecule has 1 amide bonds. The van der Waals surface area contributed by atoms with Gasteiger partial charge in [0.05, 0.1) is 0 Å². The standard InChI is InChI=1S/C22H26N4O2/c1-16-13-21(24-28-16)15-25-9-11-26(12-10-25)17(2)22(27)23-20-8-7-18-5-3-4-6-19(18)14-20/h3-8,13-14,17H,9-12,15H2,1-2H3,(H,23,27)/p+2/t17-/m0/s1. The van der Waals surface area contributed by atoms with Gasteiger partial charge in [-0.05, 0) is 36.8 Å². The highest BCUT2D eigenvalue weighted by Gasteiger charge is 2.31. The van der Waals surface area contributed by atoms with Crippen molar-refractivity contribution in [2.45, 2.75) is 26.4 Å². The van der Waals surface area contributed by atoms with Gasteiger partial charge in [0.1, 0.15) is 44.2 Å². The van der Waals surface area contributed by atoms with Crippen LogP contribution in [0.25, 0.3) is 10.8 Å². The molecule has 28 heavy (non-hydrogen) atoms. The number of nitrogens with one attached hydrogen (secondary N) is 3. The molecule has 6 heteroatoms. The predicted octanol–water partition coefficient (Wildman–Crippen LogP) is 0.447. The number of nitrogens with zero attached hydrogens (tertiary/aromatic N) is 1. The van der Waals surface area contributed by atoms with Crippen LogP contribution in [0.3, 0.4) is 0 Å². The number of rotatable bonds is 5. The summed E-state index contributed by atoms with van der Waals surface area (Å²) in [5.41, 5.74) is 1.87. The third kappa shape index (κ3) is 4.24. The molecule has 1 aliphatic heterocycles. The molecule has 0 aliphatic carbocycles. The minimum atomic E-state index is -0.0673. The molecule has 3 aromatic rings. The lowest BCUT2D eigenvalue weighted by molar-refractivity contribution is -1.02. The number of aryl methyl sites for hydroxylation is 1. The van der Waals surface area contributed by atoms with Crippen LogP contribution in [0.4, 0.5) is 5.69 Å². The number of hydrogen-bond donors (Lipinski definition) is 3. The van der Waals surface area contributed by atoms with Gasteiger partial charge in [0.2, 0.25) is 0 Å². The van der Waals surface area contributed by atoms with Crippen molar-refractivity contribution in [3.05, 3.63) is 60.0 Å². The molecule has 1 aromatic heterocycles. The second-order valence-electron chi connectivity index (χ2n) is 7.79. The summed E-state index contributed by atoms with van der Waals surface area (Å²) in [4.78, 5) is 15.6. The molecule has 0 bridgehead atoms. The van der Waals surface area contributed by atoms with E-state index in [2.05, 4.69) is 28.7 Å². The first-order valence-corrected chi connectivity index (χ1v) is 9.98. The number of piperazine rings is 1. The normalized spacial score (nSPS) is 20.8. The number of carbonyl (C=O) groups is 1. The van der Waals surface area contributed by atoms with Gasteiger partial charge in [0.15, 0.2) is 6.04 Å². The van der Waals surface area contributed by atoms with E-state index in [1.54, 1.807) is 0 Å². The fourth-order valence-electron chi connectivity index (χ4n) is 3.99. The summed E-state index contributed by atoms with van der Waals surface area (Å²) in [5.74, 6) is 0.943. The Labute approximate surface area is 165 Å². The van der Waals surface area contributed by atoms with Crippen molar-refractivity contribution < 1.29 is 19.1 Å². The van der Waals surface area contributed by atoms with E-state index in [0.29, 0.717) is 0 Å². The molecular weight excluding hydrogens is 352 g/mol. The molecule has 1 saturated heterocycles. The smallest absolute Gasteiger partial charge is 0.282 e. The Morgan fingerprint density at radius 3 is 2.57 bits per heavy atom. The van der Waals surface area contributed by atoms with E-state index in [-0.39, 0.29) is 11.9 Å². The Hall–Kier alpha value is -2.70. The van der Waals surface area contributed by atoms with E-state index in [4.69, 9.17) is 4.52 Å². The molecule has 3 N–H and O–H groups in total. The summed E-state index contributed by atoms with van der Waals surface area (Å²) in [6.07, 6.45) is 0. The Balaban J connectivity index is 1.31. The quantitative estimate of drug-likeness (QED) is 0.602. The molecule has 146 valence electrons. The third-order valence-corrected chi connectivity index (χ3v) is 5.73. The highest BCUT2D eigenvalue weighted by atomic mass is 16.5. The summed E-state index contributed by atoms with van der Waals surface area (Å²) in [5, 5.41) is 9.51. The Kier molecular flexibility index (Phi) is 5.41. The first-order valence-electron chi connectivity index (χ1n) is 9.98. The Bertz CT molecular complexity index is 960. The van der Waals surface area contributed by atoms with Crippen LogP contribution >= 0.6 is 0 Å². The number of aromatic nitrogens is 1. The fourth-order valence-corrected chi connectivity index (χ4v) is 3.99. The largest absolute Gasteiger partial charge is 0.361 e. The van der Waals surface area contributed by atoms with Crippen molar-refractivity contribution in [3.8, 4) is 0 Å². The van der Waals surface area contributed by atoms with Crippen molar-refractivity contribution in [3.63, 3.8) is 0 Å². The van der Waals surface area contributed by atoms with Gasteiger partial charge in [-0.15, -0.1) is 0 Å². The maximum Gasteiger partial charge on any atom is 0.282 e. The molecule has 4 rings (SSSR count). The van der Waals surface area contributed by atoms with E-state index in [1.165, 1.54) is 15.2 Å². The maximum absolute atomic E-state index is 12.8. The van der Waals surface area contributed by atoms with Gasteiger partial charge in [-0.3, -0.25) is 4.79 Å². The number of amides is 1. The highest BCUT2D eigenvalue weighted by molar-refractivity contribution is 5.96. The summed E-state index contributed by atoms with van der Waals surface area (Å²) in [6.45, 7) is 8.88. The van der Waals surface area contributed by atoms with Crippen LogP contribution in [0, 0.1) is 6.92 Å². The van der Waals surface area contributed by atoms with E-state index in [0.717, 1.165) is 55.3 Å². The minimum absolute atomic E-state index is 0.0673. The number of fused-ring (bicyclic) bond motifs is 1. The monoisotopic (exact) mass is 380 g/mol. The number of carbonyl (C=O) groups excluding carboxylic acids is 1. The van der Waals surface area contributed by atoms with Crippen molar-refractivity contribution in [1.82, 2.24) is 5.16 Å². The molecule has 0 saturated carbocycles. The van der Waals surface area contributed by atoms with Gasteiger partial charge in [0, 0.05) is 11.8 Å². The number of quaternary nitrogens is 2. The highest BCUT2D eigenvalue weighted by Crippen LogP contribution is 2.18. The Morgan fingerprint density at radius 1 is 1.11 bits per heavy atom. The van der Waals surface area contributed by atoms with E-state index in [1.807, 2.05) is 44.2 Å². The van der Waals surface area contributed by atoms with Gasteiger partial charge in [0.25, 0.3) is 5.91 Å². The zero-order chi connectivity index (χ0) is 19.5. The SMILES string of the molecule is Cc1cc(C[NH+]2CC[NH+]([C@@H](C)C(=O)Nc3ccc4ccccc4c3)CC2)no1. The Morgan fingerprint density at radius 2 is 1.86 bits per heavy atom. The lowest BCUT2D eigenvalue weighted by Gasteiger charge is -2.32. The molecule has 1 atom stereocenters. The predicted molar refractivity (Wildman–Crippen MR) is 108 cm³/mol. The zero-order valence-electron chi connectivity index (χ0n) is 16.5. The third-order valence-electron chi connectivity index (χ3n) is 5.73. The molecular formula is C22H28N4O2+2. The average molecular weight is 380 g/mol. The second kappa shape index (κ2) is 8.12. The summed E-state index contributed by atoms with van der Waals surface area (Å²) in [7, 11) is 0. The number of benzene rings is 2. The van der Waals surface area contributed by atoms with Crippen molar-refractivity contribution >= 4 is 22.4 Å². The molecule has 2 heterocycles. The van der Waals surface area contributed by atoms with Crippen LogP contribution in [-0.2, 0) is 11.3 Å². The number of hydrogen-bond acceptors (Lipinski definition) is 3. The first kappa shape index (κ1) is 18.7. The van der Waals surface area contributed by atoms with Crippen LogP contribution in [0.15, 0.2) is 53.1 Å². The van der Waals surface area contributed by atoms with Crippen LogP contribution in [0.1, 0.15) is 18.4 Å². The maximum atomic E-state index is 12.8. The lowest BCUT2D eigenvalue weighted by atomic mass is 10.1. The van der Waals surface area contributed by atoms with Gasteiger partial charge < -0.3 is 19.6 Å². The van der Waals surface area contributed by atoms with Gasteiger partial charge in [-0.25, -0.2) is 0 Å². The van der Waals surface area contributed by atoms with Crippen molar-refractivity contribution in [1.29, 1.82) is 0 Å². The fraction of sp³-hybridized carbons (Fsp3) is 0.364. The molecule has 1 fully saturated rings. The van der Waals surface area contributed by atoms with Crippen molar-refractivity contribution in [2.24, 2.45) is 0 Å².